The van der Waals surface area contributed by atoms with Crippen LogP contribution >= 0.6 is 0 Å². The lowest BCUT2D eigenvalue weighted by molar-refractivity contribution is -0.116. The van der Waals surface area contributed by atoms with E-state index in [-0.39, 0.29) is 5.91 Å². The molecule has 0 atom stereocenters. The van der Waals surface area contributed by atoms with E-state index in [1.165, 1.54) is 24.0 Å². The fraction of sp³-hybridized carbons (Fsp3) is 0.588. The lowest BCUT2D eigenvalue weighted by Gasteiger charge is -2.14. The summed E-state index contributed by atoms with van der Waals surface area (Å²) in [5.41, 5.74) is 3.72. The van der Waals surface area contributed by atoms with E-state index in [4.69, 9.17) is 0 Å². The maximum Gasteiger partial charge on any atom is 0.224 e. The van der Waals surface area contributed by atoms with Gasteiger partial charge in [0.25, 0.3) is 0 Å². The minimum absolute atomic E-state index is 0.146. The zero-order chi connectivity index (χ0) is 14.1. The van der Waals surface area contributed by atoms with Crippen LogP contribution in [0.3, 0.4) is 0 Å². The molecule has 0 saturated carbocycles. The predicted octanol–water partition coefficient (Wildman–Crippen LogP) is 4.72. The molecule has 1 N–H and O–H groups in total. The first-order chi connectivity index (χ1) is 9.22. The third-order valence-corrected chi connectivity index (χ3v) is 3.47. The summed E-state index contributed by atoms with van der Waals surface area (Å²) in [5, 5.41) is 3.09. The molecule has 0 aliphatic rings. The molecule has 0 saturated heterocycles. The number of unbranched alkanes of at least 4 members (excludes halogenated alkanes) is 2. The fourth-order valence-electron chi connectivity index (χ4n) is 2.28. The lowest BCUT2D eigenvalue weighted by atomic mass is 9.98. The first-order valence-corrected chi connectivity index (χ1v) is 7.63. The van der Waals surface area contributed by atoms with Crippen LogP contribution in [0.5, 0.6) is 0 Å². The van der Waals surface area contributed by atoms with Crippen molar-refractivity contribution in [3.8, 4) is 0 Å². The Kier molecular flexibility index (Phi) is 7.24. The molecule has 1 aromatic rings. The van der Waals surface area contributed by atoms with Gasteiger partial charge in [-0.05, 0) is 42.9 Å². The highest BCUT2D eigenvalue weighted by molar-refractivity contribution is 5.91. The average molecular weight is 261 g/mol. The molecule has 1 aromatic carbocycles. The Balaban J connectivity index is 2.82. The van der Waals surface area contributed by atoms with Crippen molar-refractivity contribution < 1.29 is 4.79 Å². The second kappa shape index (κ2) is 8.73. The zero-order valence-electron chi connectivity index (χ0n) is 12.6. The van der Waals surface area contributed by atoms with Crippen LogP contribution in [-0.2, 0) is 17.6 Å². The molecule has 1 amide bonds. The van der Waals surface area contributed by atoms with Crippen LogP contribution in [0.1, 0.15) is 64.0 Å². The molecule has 0 aliphatic heterocycles. The zero-order valence-corrected chi connectivity index (χ0v) is 12.6. The van der Waals surface area contributed by atoms with Crippen LogP contribution < -0.4 is 5.32 Å². The van der Waals surface area contributed by atoms with Crippen molar-refractivity contribution in [2.45, 2.75) is 65.7 Å². The van der Waals surface area contributed by atoms with Gasteiger partial charge in [-0.15, -0.1) is 0 Å². The Morgan fingerprint density at radius 1 is 1.11 bits per heavy atom. The van der Waals surface area contributed by atoms with E-state index in [1.54, 1.807) is 0 Å². The van der Waals surface area contributed by atoms with Gasteiger partial charge in [-0.1, -0.05) is 45.7 Å². The van der Waals surface area contributed by atoms with Gasteiger partial charge in [-0.2, -0.15) is 0 Å². The monoisotopic (exact) mass is 261 g/mol. The maximum atomic E-state index is 11.9. The number of nitrogens with one attached hydrogen (secondary N) is 1. The highest BCUT2D eigenvalue weighted by atomic mass is 16.1. The molecule has 2 heteroatoms. The van der Waals surface area contributed by atoms with Crippen LogP contribution in [0.4, 0.5) is 5.69 Å². The SMILES string of the molecule is CCCCC(=O)Nc1cccc(CC)c1CCCC. The highest BCUT2D eigenvalue weighted by Gasteiger charge is 2.09. The number of anilines is 1. The smallest absolute Gasteiger partial charge is 0.224 e. The van der Waals surface area contributed by atoms with Crippen molar-refractivity contribution in [1.82, 2.24) is 0 Å². The number of benzene rings is 1. The van der Waals surface area contributed by atoms with Gasteiger partial charge in [0.2, 0.25) is 5.91 Å². The summed E-state index contributed by atoms with van der Waals surface area (Å²) in [6.45, 7) is 6.49. The molecule has 0 heterocycles. The number of amides is 1. The topological polar surface area (TPSA) is 29.1 Å². The Morgan fingerprint density at radius 2 is 1.84 bits per heavy atom. The Labute approximate surface area is 117 Å². The summed E-state index contributed by atoms with van der Waals surface area (Å²) in [6.07, 6.45) is 7.09. The third-order valence-electron chi connectivity index (χ3n) is 3.47. The van der Waals surface area contributed by atoms with Gasteiger partial charge < -0.3 is 5.32 Å². The number of hydrogen-bond donors (Lipinski definition) is 1. The number of hydrogen-bond acceptors (Lipinski definition) is 1. The summed E-state index contributed by atoms with van der Waals surface area (Å²) < 4.78 is 0. The van der Waals surface area contributed by atoms with Crippen LogP contribution in [0.25, 0.3) is 0 Å². The van der Waals surface area contributed by atoms with Gasteiger partial charge >= 0.3 is 0 Å². The summed E-state index contributed by atoms with van der Waals surface area (Å²) in [5.74, 6) is 0.146. The van der Waals surface area contributed by atoms with Crippen molar-refractivity contribution in [3.63, 3.8) is 0 Å². The second-order valence-electron chi connectivity index (χ2n) is 5.05. The van der Waals surface area contributed by atoms with E-state index in [0.29, 0.717) is 6.42 Å². The van der Waals surface area contributed by atoms with Crippen molar-refractivity contribution in [1.29, 1.82) is 0 Å². The van der Waals surface area contributed by atoms with Crippen LogP contribution in [0.15, 0.2) is 18.2 Å². The van der Waals surface area contributed by atoms with E-state index in [9.17, 15) is 4.79 Å². The van der Waals surface area contributed by atoms with E-state index < -0.39 is 0 Å². The maximum absolute atomic E-state index is 11.9. The van der Waals surface area contributed by atoms with E-state index >= 15 is 0 Å². The molecule has 0 radical (unpaired) electrons. The Bertz CT molecular complexity index is 398. The van der Waals surface area contributed by atoms with Crippen molar-refractivity contribution >= 4 is 11.6 Å². The van der Waals surface area contributed by atoms with Gasteiger partial charge in [0.15, 0.2) is 0 Å². The largest absolute Gasteiger partial charge is 0.326 e. The first kappa shape index (κ1) is 15.7. The van der Waals surface area contributed by atoms with Crippen molar-refractivity contribution in [2.75, 3.05) is 5.32 Å². The number of aryl methyl sites for hydroxylation is 1. The van der Waals surface area contributed by atoms with Gasteiger partial charge in [-0.25, -0.2) is 0 Å². The molecule has 1 rings (SSSR count). The minimum Gasteiger partial charge on any atom is -0.326 e. The second-order valence-corrected chi connectivity index (χ2v) is 5.05. The van der Waals surface area contributed by atoms with Gasteiger partial charge in [0.1, 0.15) is 0 Å². The quantitative estimate of drug-likeness (QED) is 0.720. The van der Waals surface area contributed by atoms with Crippen molar-refractivity contribution in [3.05, 3.63) is 29.3 Å². The number of carbonyl (C=O) groups is 1. The molecule has 0 fully saturated rings. The minimum atomic E-state index is 0.146. The first-order valence-electron chi connectivity index (χ1n) is 7.63. The standard InChI is InChI=1S/C17H27NO/c1-4-7-11-15-14(6-3)10-9-12-16(15)18-17(19)13-8-5-2/h9-10,12H,4-8,11,13H2,1-3H3,(H,18,19). The molecule has 2 nitrogen and oxygen atoms in total. The third kappa shape index (κ3) is 5.06. The van der Waals surface area contributed by atoms with E-state index in [2.05, 4.69) is 32.2 Å². The van der Waals surface area contributed by atoms with E-state index in [1.807, 2.05) is 12.1 Å². The van der Waals surface area contributed by atoms with Gasteiger partial charge in [0, 0.05) is 12.1 Å². The number of rotatable bonds is 8. The van der Waals surface area contributed by atoms with Gasteiger partial charge in [0.05, 0.1) is 0 Å². The summed E-state index contributed by atoms with van der Waals surface area (Å²) in [7, 11) is 0. The Morgan fingerprint density at radius 3 is 2.47 bits per heavy atom. The molecule has 0 unspecified atom stereocenters. The molecule has 0 bridgehead atoms. The predicted molar refractivity (Wildman–Crippen MR) is 82.6 cm³/mol. The van der Waals surface area contributed by atoms with Crippen LogP contribution in [-0.4, -0.2) is 5.91 Å². The van der Waals surface area contributed by atoms with Crippen LogP contribution in [0, 0.1) is 0 Å². The van der Waals surface area contributed by atoms with Crippen LogP contribution in [0.2, 0.25) is 0 Å². The summed E-state index contributed by atoms with van der Waals surface area (Å²) >= 11 is 0. The fourth-order valence-corrected chi connectivity index (χ4v) is 2.28. The molecule has 19 heavy (non-hydrogen) atoms. The van der Waals surface area contributed by atoms with Crippen molar-refractivity contribution in [2.24, 2.45) is 0 Å². The highest BCUT2D eigenvalue weighted by Crippen LogP contribution is 2.23. The van der Waals surface area contributed by atoms with Gasteiger partial charge in [-0.3, -0.25) is 4.79 Å². The molecular formula is C17H27NO. The van der Waals surface area contributed by atoms with E-state index in [0.717, 1.165) is 31.4 Å². The molecule has 0 aromatic heterocycles. The molecule has 0 spiro atoms. The Hall–Kier alpha value is -1.31. The lowest BCUT2D eigenvalue weighted by Crippen LogP contribution is -2.13. The molecular weight excluding hydrogens is 234 g/mol. The number of carbonyl (C=O) groups excluding carboxylic acids is 1. The molecule has 0 aliphatic carbocycles. The molecule has 106 valence electrons. The normalized spacial score (nSPS) is 10.5. The summed E-state index contributed by atoms with van der Waals surface area (Å²) in [6, 6.07) is 6.25. The average Bonchev–Trinajstić information content (AvgIpc) is 2.43. The summed E-state index contributed by atoms with van der Waals surface area (Å²) in [4.78, 5) is 11.9.